The standard InChI is InChI=1S/C31H45N3O8/c1-8-12-33-26-21-13-17(2)14-25(41-7)27(36)19(4)15-20(5)29(42-31(32)39)24(40-6)11-9-10-18(3)30(38)34-22(28(21)37)16-23(26)35/h8-11,15-17,19,24-25,27,29,33,35-37H,1,12-14H2,2-7H3,(H2,32,39)(H,34,38)/b11-9-,18-10+,20-15+/t17-,19+,24+,25+,27-,29?/m1/s1. The molecule has 1 aromatic rings. The zero-order chi connectivity index (χ0) is 31.6. The van der Waals surface area contributed by atoms with Crippen LogP contribution in [0.5, 0.6) is 11.5 Å². The van der Waals surface area contributed by atoms with Gasteiger partial charge in [0.2, 0.25) is 0 Å². The minimum Gasteiger partial charge on any atom is -0.506 e. The number of nitrogens with one attached hydrogen (secondary N) is 2. The fraction of sp³-hybridized carbons (Fsp3) is 0.484. The number of nitrogens with two attached hydrogens (primary N) is 1. The minimum atomic E-state index is -0.990. The van der Waals surface area contributed by atoms with E-state index < -0.39 is 42.3 Å². The van der Waals surface area contributed by atoms with Crippen molar-refractivity contribution in [3.05, 3.63) is 59.7 Å². The number of phenolic OH excluding ortho intramolecular Hbond substituents is 2. The van der Waals surface area contributed by atoms with Crippen LogP contribution in [-0.2, 0) is 25.4 Å². The van der Waals surface area contributed by atoms with E-state index in [-0.39, 0.29) is 23.1 Å². The lowest BCUT2D eigenvalue weighted by molar-refractivity contribution is -0.112. The Kier molecular flexibility index (Phi) is 13.1. The highest BCUT2D eigenvalue weighted by molar-refractivity contribution is 6.04. The highest BCUT2D eigenvalue weighted by atomic mass is 16.6. The molecule has 0 aliphatic carbocycles. The molecule has 0 radical (unpaired) electrons. The molecule has 6 atom stereocenters. The van der Waals surface area contributed by atoms with E-state index >= 15 is 0 Å². The summed E-state index contributed by atoms with van der Waals surface area (Å²) in [5.74, 6) is -1.41. The van der Waals surface area contributed by atoms with Crippen LogP contribution in [0.1, 0.15) is 39.7 Å². The van der Waals surface area contributed by atoms with E-state index in [0.29, 0.717) is 41.8 Å². The molecular formula is C31H45N3O8. The number of carbonyl (C=O) groups is 2. The smallest absolute Gasteiger partial charge is 0.405 e. The van der Waals surface area contributed by atoms with Crippen LogP contribution in [0.15, 0.2) is 54.2 Å². The molecular weight excluding hydrogens is 542 g/mol. The van der Waals surface area contributed by atoms with Gasteiger partial charge in [0.25, 0.3) is 5.91 Å². The number of aliphatic hydroxyl groups excluding tert-OH is 1. The topological polar surface area (TPSA) is 173 Å². The second-order valence-electron chi connectivity index (χ2n) is 10.6. The van der Waals surface area contributed by atoms with Gasteiger partial charge in [0.1, 0.15) is 17.6 Å². The first kappa shape index (κ1) is 34.4. The number of fused-ring (bicyclic) bond motifs is 2. The number of allylic oxidation sites excluding steroid dienone is 2. The van der Waals surface area contributed by atoms with Gasteiger partial charge in [0.15, 0.2) is 6.10 Å². The number of rotatable bonds is 6. The fourth-order valence-electron chi connectivity index (χ4n) is 4.98. The zero-order valence-electron chi connectivity index (χ0n) is 25.2. The van der Waals surface area contributed by atoms with Crippen molar-refractivity contribution in [1.29, 1.82) is 0 Å². The Bertz CT molecular complexity index is 1210. The number of hydrogen-bond acceptors (Lipinski definition) is 9. The number of aliphatic hydroxyl groups is 1. The Morgan fingerprint density at radius 2 is 1.93 bits per heavy atom. The van der Waals surface area contributed by atoms with Gasteiger partial charge in [0.05, 0.1) is 23.6 Å². The van der Waals surface area contributed by atoms with Crippen LogP contribution in [0.4, 0.5) is 16.2 Å². The normalized spacial score (nSPS) is 29.3. The quantitative estimate of drug-likeness (QED) is 0.162. The third-order valence-corrected chi connectivity index (χ3v) is 7.25. The number of benzene rings is 1. The molecule has 42 heavy (non-hydrogen) atoms. The van der Waals surface area contributed by atoms with Gasteiger partial charge in [-0.05, 0) is 38.2 Å². The fourth-order valence-corrected chi connectivity index (χ4v) is 4.98. The van der Waals surface area contributed by atoms with Gasteiger partial charge >= 0.3 is 6.09 Å². The zero-order valence-corrected chi connectivity index (χ0v) is 25.2. The number of primary amides is 1. The summed E-state index contributed by atoms with van der Waals surface area (Å²) in [7, 11) is 2.95. The summed E-state index contributed by atoms with van der Waals surface area (Å²) in [6.07, 6.45) is 4.64. The van der Waals surface area contributed by atoms with Crippen LogP contribution < -0.4 is 16.4 Å². The lowest BCUT2D eigenvalue weighted by Crippen LogP contribution is -2.37. The SMILES string of the molecule is C=CCNc1c(O)cc2c(O)c1C[C@@H](C)C[C@H](OC)[C@H](O)[C@@H](C)/C=C(\C)C(OC(N)=O)[C@@H](OC)/C=C\C=C(/C)C(=O)N2. The molecule has 1 aliphatic heterocycles. The summed E-state index contributed by atoms with van der Waals surface area (Å²) in [4.78, 5) is 24.7. The molecule has 0 saturated carbocycles. The average molecular weight is 588 g/mol. The summed E-state index contributed by atoms with van der Waals surface area (Å²) in [6.45, 7) is 11.1. The Hall–Kier alpha value is -3.80. The van der Waals surface area contributed by atoms with E-state index in [4.69, 9.17) is 19.9 Å². The molecule has 232 valence electrons. The average Bonchev–Trinajstić information content (AvgIpc) is 2.94. The molecule has 11 heteroatoms. The molecule has 0 aromatic heterocycles. The number of amides is 2. The lowest BCUT2D eigenvalue weighted by atomic mass is 9.87. The Morgan fingerprint density at radius 3 is 2.52 bits per heavy atom. The Balaban J connectivity index is 2.67. The number of phenols is 2. The van der Waals surface area contributed by atoms with Crippen LogP contribution in [0.25, 0.3) is 0 Å². The van der Waals surface area contributed by atoms with Crippen LogP contribution in [0, 0.1) is 11.8 Å². The van der Waals surface area contributed by atoms with Crippen molar-refractivity contribution < 1.29 is 39.1 Å². The van der Waals surface area contributed by atoms with E-state index in [1.165, 1.54) is 26.4 Å². The van der Waals surface area contributed by atoms with Crippen molar-refractivity contribution in [3.8, 4) is 11.5 Å². The summed E-state index contributed by atoms with van der Waals surface area (Å²) in [5.41, 5.74) is 7.01. The highest BCUT2D eigenvalue weighted by Gasteiger charge is 2.30. The number of methoxy groups -OCH3 is 2. The van der Waals surface area contributed by atoms with Gasteiger partial charge < -0.3 is 45.9 Å². The van der Waals surface area contributed by atoms with E-state index in [2.05, 4.69) is 17.2 Å². The van der Waals surface area contributed by atoms with Crippen molar-refractivity contribution in [3.63, 3.8) is 0 Å². The van der Waals surface area contributed by atoms with Crippen molar-refractivity contribution in [1.82, 2.24) is 0 Å². The monoisotopic (exact) mass is 587 g/mol. The Labute approximate surface area is 247 Å². The molecule has 0 saturated heterocycles. The molecule has 1 heterocycles. The third kappa shape index (κ3) is 9.10. The van der Waals surface area contributed by atoms with Crippen LogP contribution >= 0.6 is 0 Å². The molecule has 2 amide bonds. The predicted molar refractivity (Wildman–Crippen MR) is 162 cm³/mol. The van der Waals surface area contributed by atoms with Crippen molar-refractivity contribution in [2.75, 3.05) is 31.4 Å². The molecule has 1 aromatic carbocycles. The van der Waals surface area contributed by atoms with Crippen LogP contribution in [0.3, 0.4) is 0 Å². The van der Waals surface area contributed by atoms with E-state index in [1.54, 1.807) is 38.2 Å². The van der Waals surface area contributed by atoms with Crippen LogP contribution in [-0.4, -0.2) is 72.5 Å². The molecule has 2 bridgehead atoms. The van der Waals surface area contributed by atoms with E-state index in [9.17, 15) is 24.9 Å². The highest BCUT2D eigenvalue weighted by Crippen LogP contribution is 2.42. The van der Waals surface area contributed by atoms with Crippen molar-refractivity contribution in [2.45, 2.75) is 65.0 Å². The van der Waals surface area contributed by atoms with Gasteiger partial charge in [-0.25, -0.2) is 4.79 Å². The second kappa shape index (κ2) is 16.0. The first-order valence-electron chi connectivity index (χ1n) is 13.8. The minimum absolute atomic E-state index is 0.0416. The lowest BCUT2D eigenvalue weighted by Gasteiger charge is -2.29. The van der Waals surface area contributed by atoms with E-state index in [1.807, 2.05) is 13.8 Å². The molecule has 1 unspecified atom stereocenters. The number of hydrogen-bond donors (Lipinski definition) is 6. The largest absolute Gasteiger partial charge is 0.506 e. The summed E-state index contributed by atoms with van der Waals surface area (Å²) in [6, 6.07) is 1.28. The van der Waals surface area contributed by atoms with Gasteiger partial charge in [-0.3, -0.25) is 4.79 Å². The predicted octanol–water partition coefficient (Wildman–Crippen LogP) is 4.16. The van der Waals surface area contributed by atoms with Crippen molar-refractivity contribution in [2.24, 2.45) is 17.6 Å². The number of aromatic hydroxyl groups is 2. The van der Waals surface area contributed by atoms with Gasteiger partial charge in [-0.1, -0.05) is 44.2 Å². The van der Waals surface area contributed by atoms with Crippen molar-refractivity contribution >= 4 is 23.4 Å². The number of anilines is 2. The first-order chi connectivity index (χ1) is 19.8. The molecule has 1 aliphatic rings. The molecule has 7 N–H and O–H groups in total. The first-order valence-corrected chi connectivity index (χ1v) is 13.8. The van der Waals surface area contributed by atoms with E-state index in [0.717, 1.165) is 0 Å². The number of ether oxygens (including phenoxy) is 3. The van der Waals surface area contributed by atoms with Gasteiger partial charge in [-0.15, -0.1) is 6.58 Å². The Morgan fingerprint density at radius 1 is 1.24 bits per heavy atom. The second-order valence-corrected chi connectivity index (χ2v) is 10.6. The molecule has 0 spiro atoms. The summed E-state index contributed by atoms with van der Waals surface area (Å²) < 4.78 is 16.6. The summed E-state index contributed by atoms with van der Waals surface area (Å²) >= 11 is 0. The summed E-state index contributed by atoms with van der Waals surface area (Å²) in [5, 5.41) is 39.1. The third-order valence-electron chi connectivity index (χ3n) is 7.25. The maximum Gasteiger partial charge on any atom is 0.405 e. The number of carbonyl (C=O) groups excluding carboxylic acids is 2. The van der Waals surface area contributed by atoms with Crippen LogP contribution in [0.2, 0.25) is 0 Å². The molecule has 2 rings (SSSR count). The maximum atomic E-state index is 13.0. The van der Waals surface area contributed by atoms with Gasteiger partial charge in [-0.2, -0.15) is 0 Å². The molecule has 0 fully saturated rings. The maximum absolute atomic E-state index is 13.0. The van der Waals surface area contributed by atoms with Gasteiger partial charge in [0, 0.05) is 43.9 Å². The molecule has 11 nitrogen and oxygen atoms in total.